The van der Waals surface area contributed by atoms with Crippen molar-refractivity contribution < 1.29 is 5.11 Å². The van der Waals surface area contributed by atoms with Gasteiger partial charge in [0, 0.05) is 6.61 Å². The molecule has 0 fully saturated rings. The van der Waals surface area contributed by atoms with Crippen LogP contribution in [0.25, 0.3) is 0 Å². The van der Waals surface area contributed by atoms with Crippen molar-refractivity contribution in [2.45, 2.75) is 59.3 Å². The van der Waals surface area contributed by atoms with Crippen LogP contribution in [0.4, 0.5) is 0 Å². The van der Waals surface area contributed by atoms with Crippen molar-refractivity contribution in [1.82, 2.24) is 0 Å². The van der Waals surface area contributed by atoms with E-state index in [0.717, 1.165) is 18.3 Å². The Balaban J connectivity index is 3.45. The molecule has 0 aromatic carbocycles. The largest absolute Gasteiger partial charge is 0.396 e. The highest BCUT2D eigenvalue weighted by Gasteiger charge is 2.11. The fourth-order valence-corrected chi connectivity index (χ4v) is 1.81. The van der Waals surface area contributed by atoms with E-state index in [1.807, 2.05) is 0 Å². The van der Waals surface area contributed by atoms with Gasteiger partial charge >= 0.3 is 0 Å². The van der Waals surface area contributed by atoms with Crippen LogP contribution in [-0.4, -0.2) is 11.7 Å². The van der Waals surface area contributed by atoms with Crippen LogP contribution < -0.4 is 0 Å². The molecule has 1 nitrogen and oxygen atoms in total. The van der Waals surface area contributed by atoms with E-state index < -0.39 is 0 Å². The lowest BCUT2D eigenvalue weighted by molar-refractivity contribution is 0.221. The number of hydrogen-bond acceptors (Lipinski definition) is 1. The van der Waals surface area contributed by atoms with Gasteiger partial charge < -0.3 is 5.11 Å². The zero-order valence-electron chi connectivity index (χ0n) is 9.55. The molecule has 0 aliphatic rings. The Morgan fingerprint density at radius 3 is 2.15 bits per heavy atom. The molecule has 1 N–H and O–H groups in total. The average Bonchev–Trinajstić information content (AvgIpc) is 2.10. The highest BCUT2D eigenvalue weighted by Crippen LogP contribution is 2.21. The molecule has 0 rings (SSSR count). The summed E-state index contributed by atoms with van der Waals surface area (Å²) in [6.45, 7) is 7.13. The highest BCUT2D eigenvalue weighted by atomic mass is 16.3. The van der Waals surface area contributed by atoms with Crippen molar-refractivity contribution >= 4 is 0 Å². The van der Waals surface area contributed by atoms with Gasteiger partial charge in [-0.15, -0.1) is 0 Å². The van der Waals surface area contributed by atoms with E-state index in [0.29, 0.717) is 6.61 Å². The third-order valence-electron chi connectivity index (χ3n) is 2.87. The molecule has 0 aromatic rings. The minimum Gasteiger partial charge on any atom is -0.396 e. The van der Waals surface area contributed by atoms with Crippen LogP contribution in [0.5, 0.6) is 0 Å². The van der Waals surface area contributed by atoms with Gasteiger partial charge in [-0.05, 0) is 18.3 Å². The summed E-state index contributed by atoms with van der Waals surface area (Å²) >= 11 is 0. The normalized spacial score (nSPS) is 13.6. The molecule has 0 aliphatic heterocycles. The van der Waals surface area contributed by atoms with E-state index in [-0.39, 0.29) is 0 Å². The van der Waals surface area contributed by atoms with Gasteiger partial charge in [0.05, 0.1) is 0 Å². The standard InChI is InChI=1S/C12H26O/c1-4-5-6-7-8-12(9-10-13)11(2)3/h11-13H,4-10H2,1-3H3. The predicted molar refractivity (Wildman–Crippen MR) is 58.8 cm³/mol. The Hall–Kier alpha value is -0.0400. The van der Waals surface area contributed by atoms with Crippen molar-refractivity contribution in [2.24, 2.45) is 11.8 Å². The van der Waals surface area contributed by atoms with Crippen molar-refractivity contribution in [2.75, 3.05) is 6.61 Å². The summed E-state index contributed by atoms with van der Waals surface area (Å²) in [6, 6.07) is 0. The van der Waals surface area contributed by atoms with Gasteiger partial charge in [-0.3, -0.25) is 0 Å². The Kier molecular flexibility index (Phi) is 8.53. The number of aliphatic hydroxyl groups excluding tert-OH is 1. The van der Waals surface area contributed by atoms with Gasteiger partial charge in [0.25, 0.3) is 0 Å². The van der Waals surface area contributed by atoms with E-state index in [2.05, 4.69) is 20.8 Å². The quantitative estimate of drug-likeness (QED) is 0.574. The van der Waals surface area contributed by atoms with E-state index >= 15 is 0 Å². The second kappa shape index (κ2) is 8.55. The first-order chi connectivity index (χ1) is 6.22. The second-order valence-corrected chi connectivity index (χ2v) is 4.37. The summed E-state index contributed by atoms with van der Waals surface area (Å²) in [6.07, 6.45) is 7.68. The Labute approximate surface area is 83.5 Å². The van der Waals surface area contributed by atoms with Crippen LogP contribution in [-0.2, 0) is 0 Å². The first-order valence-electron chi connectivity index (χ1n) is 5.83. The fraction of sp³-hybridized carbons (Fsp3) is 1.00. The minimum absolute atomic E-state index is 0.358. The Morgan fingerprint density at radius 1 is 1.00 bits per heavy atom. The second-order valence-electron chi connectivity index (χ2n) is 4.37. The fourth-order valence-electron chi connectivity index (χ4n) is 1.81. The predicted octanol–water partition coefficient (Wildman–Crippen LogP) is 3.61. The molecule has 0 bridgehead atoms. The van der Waals surface area contributed by atoms with Crippen molar-refractivity contribution in [3.05, 3.63) is 0 Å². The smallest absolute Gasteiger partial charge is 0.0433 e. The molecular weight excluding hydrogens is 160 g/mol. The third kappa shape index (κ3) is 7.06. The van der Waals surface area contributed by atoms with Gasteiger partial charge in [0.2, 0.25) is 0 Å². The van der Waals surface area contributed by atoms with Gasteiger partial charge in [-0.1, -0.05) is 52.9 Å². The van der Waals surface area contributed by atoms with Gasteiger partial charge in [0.15, 0.2) is 0 Å². The molecule has 0 spiro atoms. The molecular formula is C12H26O. The molecule has 0 saturated carbocycles. The van der Waals surface area contributed by atoms with Crippen molar-refractivity contribution in [3.63, 3.8) is 0 Å². The maximum absolute atomic E-state index is 8.89. The monoisotopic (exact) mass is 186 g/mol. The molecule has 1 atom stereocenters. The summed E-state index contributed by atoms with van der Waals surface area (Å²) in [5, 5.41) is 8.89. The molecule has 1 unspecified atom stereocenters. The van der Waals surface area contributed by atoms with Crippen LogP contribution in [0.3, 0.4) is 0 Å². The van der Waals surface area contributed by atoms with E-state index in [9.17, 15) is 0 Å². The number of unbranched alkanes of at least 4 members (excludes halogenated alkanes) is 3. The van der Waals surface area contributed by atoms with Gasteiger partial charge in [-0.25, -0.2) is 0 Å². The first kappa shape index (κ1) is 13.0. The van der Waals surface area contributed by atoms with Crippen molar-refractivity contribution in [1.29, 1.82) is 0 Å². The summed E-state index contributed by atoms with van der Waals surface area (Å²) in [7, 11) is 0. The Morgan fingerprint density at radius 2 is 1.69 bits per heavy atom. The molecule has 13 heavy (non-hydrogen) atoms. The first-order valence-corrected chi connectivity index (χ1v) is 5.83. The summed E-state index contributed by atoms with van der Waals surface area (Å²) in [4.78, 5) is 0. The number of aliphatic hydroxyl groups is 1. The summed E-state index contributed by atoms with van der Waals surface area (Å²) in [5.41, 5.74) is 0. The van der Waals surface area contributed by atoms with Crippen LogP contribution in [0.2, 0.25) is 0 Å². The number of hydrogen-bond donors (Lipinski definition) is 1. The highest BCUT2D eigenvalue weighted by molar-refractivity contribution is 4.62. The molecule has 0 amide bonds. The lowest BCUT2D eigenvalue weighted by Crippen LogP contribution is -2.10. The molecule has 0 saturated heterocycles. The summed E-state index contributed by atoms with van der Waals surface area (Å²) in [5.74, 6) is 1.47. The molecule has 0 radical (unpaired) electrons. The zero-order valence-corrected chi connectivity index (χ0v) is 9.55. The maximum Gasteiger partial charge on any atom is 0.0433 e. The summed E-state index contributed by atoms with van der Waals surface area (Å²) < 4.78 is 0. The average molecular weight is 186 g/mol. The lowest BCUT2D eigenvalue weighted by Gasteiger charge is -2.19. The molecule has 0 heterocycles. The van der Waals surface area contributed by atoms with Crippen molar-refractivity contribution in [3.8, 4) is 0 Å². The molecule has 0 aromatic heterocycles. The van der Waals surface area contributed by atoms with Gasteiger partial charge in [0.1, 0.15) is 0 Å². The van der Waals surface area contributed by atoms with Gasteiger partial charge in [-0.2, -0.15) is 0 Å². The van der Waals surface area contributed by atoms with Crippen LogP contribution >= 0.6 is 0 Å². The van der Waals surface area contributed by atoms with E-state index in [4.69, 9.17) is 5.11 Å². The maximum atomic E-state index is 8.89. The zero-order chi connectivity index (χ0) is 10.1. The molecule has 0 aliphatic carbocycles. The molecule has 1 heteroatoms. The number of rotatable bonds is 8. The van der Waals surface area contributed by atoms with E-state index in [1.54, 1.807) is 0 Å². The van der Waals surface area contributed by atoms with Crippen LogP contribution in [0.15, 0.2) is 0 Å². The van der Waals surface area contributed by atoms with E-state index in [1.165, 1.54) is 32.1 Å². The lowest BCUT2D eigenvalue weighted by atomic mass is 9.88. The van der Waals surface area contributed by atoms with Crippen LogP contribution in [0.1, 0.15) is 59.3 Å². The minimum atomic E-state index is 0.358. The SMILES string of the molecule is CCCCCCC(CCO)C(C)C. The van der Waals surface area contributed by atoms with Crippen LogP contribution in [0, 0.1) is 11.8 Å². The topological polar surface area (TPSA) is 20.2 Å². The molecule has 80 valence electrons. The Bertz CT molecular complexity index is 99.3. The third-order valence-corrected chi connectivity index (χ3v) is 2.87.